The van der Waals surface area contributed by atoms with E-state index < -0.39 is 9.84 Å². The molecule has 7 nitrogen and oxygen atoms in total. The van der Waals surface area contributed by atoms with Crippen molar-refractivity contribution in [2.45, 2.75) is 17.7 Å². The van der Waals surface area contributed by atoms with E-state index in [1.54, 1.807) is 41.3 Å². The lowest BCUT2D eigenvalue weighted by molar-refractivity contribution is -0.137. The van der Waals surface area contributed by atoms with Crippen LogP contribution in [0.3, 0.4) is 0 Å². The number of sulfone groups is 1. The SMILES string of the molecule is O=C(CCS(=O)(=O)c1ccc2cc(Cl)ccc2c1)N1CCN(N2CCCNC2)CC1. The molecular weight excluding hydrogens is 424 g/mol. The summed E-state index contributed by atoms with van der Waals surface area (Å²) in [6.07, 6.45) is 1.13. The van der Waals surface area contributed by atoms with Gasteiger partial charge in [-0.25, -0.2) is 18.4 Å². The van der Waals surface area contributed by atoms with E-state index in [0.717, 1.165) is 50.0 Å². The molecule has 0 spiro atoms. The van der Waals surface area contributed by atoms with E-state index in [2.05, 4.69) is 15.3 Å². The molecule has 2 aromatic rings. The summed E-state index contributed by atoms with van der Waals surface area (Å²) >= 11 is 5.99. The molecule has 0 radical (unpaired) electrons. The van der Waals surface area contributed by atoms with E-state index in [0.29, 0.717) is 18.1 Å². The van der Waals surface area contributed by atoms with Gasteiger partial charge in [0.1, 0.15) is 0 Å². The molecule has 0 aromatic heterocycles. The Balaban J connectivity index is 1.32. The molecule has 162 valence electrons. The number of hydrazine groups is 1. The molecule has 2 saturated heterocycles. The van der Waals surface area contributed by atoms with Crippen molar-refractivity contribution in [1.82, 2.24) is 20.2 Å². The predicted molar refractivity (Wildman–Crippen MR) is 118 cm³/mol. The molecule has 9 heteroatoms. The van der Waals surface area contributed by atoms with E-state index >= 15 is 0 Å². The highest BCUT2D eigenvalue weighted by Gasteiger charge is 2.26. The number of hydrogen-bond donors (Lipinski definition) is 1. The Morgan fingerprint density at radius 3 is 2.43 bits per heavy atom. The molecule has 1 amide bonds. The van der Waals surface area contributed by atoms with Crippen LogP contribution in [0.5, 0.6) is 0 Å². The number of carbonyl (C=O) groups is 1. The Kier molecular flexibility index (Phi) is 6.60. The maximum absolute atomic E-state index is 12.8. The molecule has 2 heterocycles. The summed E-state index contributed by atoms with van der Waals surface area (Å²) in [6.45, 7) is 5.77. The fraction of sp³-hybridized carbons (Fsp3) is 0.476. The predicted octanol–water partition coefficient (Wildman–Crippen LogP) is 1.97. The molecule has 2 aliphatic heterocycles. The topological polar surface area (TPSA) is 73.0 Å². The third kappa shape index (κ3) is 4.95. The maximum Gasteiger partial charge on any atom is 0.223 e. The van der Waals surface area contributed by atoms with Crippen LogP contribution in [0.15, 0.2) is 41.3 Å². The monoisotopic (exact) mass is 450 g/mol. The zero-order valence-corrected chi connectivity index (χ0v) is 18.5. The number of nitrogens with zero attached hydrogens (tertiary/aromatic N) is 3. The number of piperazine rings is 1. The van der Waals surface area contributed by atoms with Crippen LogP contribution in [0.25, 0.3) is 10.8 Å². The third-order valence-corrected chi connectivity index (χ3v) is 7.74. The van der Waals surface area contributed by atoms with Crippen molar-refractivity contribution in [3.8, 4) is 0 Å². The highest BCUT2D eigenvalue weighted by Crippen LogP contribution is 2.23. The lowest BCUT2D eigenvalue weighted by Crippen LogP contribution is -2.58. The number of benzene rings is 2. The smallest absolute Gasteiger partial charge is 0.223 e. The van der Waals surface area contributed by atoms with Crippen LogP contribution < -0.4 is 5.32 Å². The first-order valence-corrected chi connectivity index (χ1v) is 12.4. The van der Waals surface area contributed by atoms with Gasteiger partial charge >= 0.3 is 0 Å². The van der Waals surface area contributed by atoms with Crippen LogP contribution in [0, 0.1) is 0 Å². The molecule has 0 unspecified atom stereocenters. The van der Waals surface area contributed by atoms with Crippen LogP contribution in [0.4, 0.5) is 0 Å². The first-order valence-electron chi connectivity index (χ1n) is 10.3. The Hall–Kier alpha value is -1.71. The summed E-state index contributed by atoms with van der Waals surface area (Å²) in [5.41, 5.74) is 0. The minimum absolute atomic E-state index is 0.00621. The van der Waals surface area contributed by atoms with Crippen molar-refractivity contribution in [2.75, 3.05) is 51.7 Å². The summed E-state index contributed by atoms with van der Waals surface area (Å²) in [6, 6.07) is 10.3. The van der Waals surface area contributed by atoms with Gasteiger partial charge in [0.05, 0.1) is 17.3 Å². The van der Waals surface area contributed by atoms with Crippen molar-refractivity contribution < 1.29 is 13.2 Å². The average molecular weight is 451 g/mol. The number of halogens is 1. The number of hydrogen-bond acceptors (Lipinski definition) is 6. The first-order chi connectivity index (χ1) is 14.4. The third-order valence-electron chi connectivity index (χ3n) is 5.79. The van der Waals surface area contributed by atoms with Gasteiger partial charge in [0.25, 0.3) is 0 Å². The van der Waals surface area contributed by atoms with E-state index in [1.165, 1.54) is 0 Å². The number of carbonyl (C=O) groups excluding carboxylic acids is 1. The molecule has 0 aliphatic carbocycles. The Morgan fingerprint density at radius 1 is 0.967 bits per heavy atom. The van der Waals surface area contributed by atoms with E-state index in [9.17, 15) is 13.2 Å². The second-order valence-corrected chi connectivity index (χ2v) is 10.3. The van der Waals surface area contributed by atoms with Crippen molar-refractivity contribution >= 4 is 38.1 Å². The zero-order chi connectivity index (χ0) is 21.1. The molecular formula is C21H27ClN4O3S. The van der Waals surface area contributed by atoms with Crippen molar-refractivity contribution in [2.24, 2.45) is 0 Å². The summed E-state index contributed by atoms with van der Waals surface area (Å²) in [4.78, 5) is 14.6. The summed E-state index contributed by atoms with van der Waals surface area (Å²) < 4.78 is 25.5. The van der Waals surface area contributed by atoms with Gasteiger partial charge in [0.2, 0.25) is 5.91 Å². The maximum atomic E-state index is 12.8. The Labute approximate surface area is 182 Å². The van der Waals surface area contributed by atoms with Crippen LogP contribution in [0.2, 0.25) is 5.02 Å². The van der Waals surface area contributed by atoms with Crippen LogP contribution >= 0.6 is 11.6 Å². The lowest BCUT2D eigenvalue weighted by atomic mass is 10.1. The second-order valence-electron chi connectivity index (χ2n) is 7.80. The van der Waals surface area contributed by atoms with Gasteiger partial charge in [-0.3, -0.25) is 4.79 Å². The molecule has 0 atom stereocenters. The number of rotatable bonds is 5. The molecule has 2 aromatic carbocycles. The molecule has 4 rings (SSSR count). The van der Waals surface area contributed by atoms with Gasteiger partial charge in [0, 0.05) is 44.2 Å². The first kappa shape index (κ1) is 21.5. The molecule has 0 saturated carbocycles. The normalized spacial score (nSPS) is 19.3. The minimum atomic E-state index is -3.53. The fourth-order valence-corrected chi connectivity index (χ4v) is 5.47. The standard InChI is InChI=1S/C21H27ClN4O3S/c22-19-4-2-18-15-20(5-3-17(18)14-19)30(28,29)13-6-21(27)24-9-11-25(12-10-24)26-8-1-7-23-16-26/h2-5,14-15,23H,1,6-13,16H2. The zero-order valence-electron chi connectivity index (χ0n) is 16.9. The van der Waals surface area contributed by atoms with Gasteiger partial charge in [0.15, 0.2) is 9.84 Å². The van der Waals surface area contributed by atoms with Crippen LogP contribution in [-0.2, 0) is 14.6 Å². The van der Waals surface area contributed by atoms with Crippen molar-refractivity contribution in [3.05, 3.63) is 41.4 Å². The van der Waals surface area contributed by atoms with Crippen molar-refractivity contribution in [3.63, 3.8) is 0 Å². The van der Waals surface area contributed by atoms with E-state index in [-0.39, 0.29) is 23.0 Å². The minimum Gasteiger partial charge on any atom is -0.340 e. The molecule has 2 fully saturated rings. The van der Waals surface area contributed by atoms with Crippen LogP contribution in [0.1, 0.15) is 12.8 Å². The average Bonchev–Trinajstić information content (AvgIpc) is 2.78. The number of fused-ring (bicyclic) bond motifs is 1. The fourth-order valence-electron chi connectivity index (χ4n) is 4.03. The van der Waals surface area contributed by atoms with Gasteiger partial charge in [-0.05, 0) is 48.0 Å². The van der Waals surface area contributed by atoms with Crippen molar-refractivity contribution in [1.29, 1.82) is 0 Å². The summed E-state index contributed by atoms with van der Waals surface area (Å²) in [5, 5.41) is 10.3. The van der Waals surface area contributed by atoms with Gasteiger partial charge < -0.3 is 10.2 Å². The van der Waals surface area contributed by atoms with Gasteiger partial charge in [-0.1, -0.05) is 23.7 Å². The Morgan fingerprint density at radius 2 is 1.70 bits per heavy atom. The van der Waals surface area contributed by atoms with Crippen LogP contribution in [-0.4, -0.2) is 80.9 Å². The molecule has 0 bridgehead atoms. The second kappa shape index (κ2) is 9.20. The number of nitrogens with one attached hydrogen (secondary N) is 1. The quantitative estimate of drug-likeness (QED) is 0.750. The van der Waals surface area contributed by atoms with Gasteiger partial charge in [-0.2, -0.15) is 0 Å². The Bertz CT molecular complexity index is 1020. The molecule has 30 heavy (non-hydrogen) atoms. The number of amides is 1. The molecule has 1 N–H and O–H groups in total. The summed E-state index contributed by atoms with van der Waals surface area (Å²) in [7, 11) is -3.53. The highest BCUT2D eigenvalue weighted by molar-refractivity contribution is 7.91. The lowest BCUT2D eigenvalue weighted by Gasteiger charge is -2.42. The largest absolute Gasteiger partial charge is 0.340 e. The van der Waals surface area contributed by atoms with E-state index in [1.807, 2.05) is 0 Å². The van der Waals surface area contributed by atoms with E-state index in [4.69, 9.17) is 11.6 Å². The van der Waals surface area contributed by atoms with Gasteiger partial charge in [-0.15, -0.1) is 0 Å². The summed E-state index contributed by atoms with van der Waals surface area (Å²) in [5.74, 6) is -0.274. The highest BCUT2D eigenvalue weighted by atomic mass is 35.5. The molecule has 2 aliphatic rings.